The van der Waals surface area contributed by atoms with Gasteiger partial charge >= 0.3 is 17.9 Å². The summed E-state index contributed by atoms with van der Waals surface area (Å²) in [5, 5.41) is 0. The Morgan fingerprint density at radius 3 is 0.861 bits per heavy atom. The third-order valence-corrected chi connectivity index (χ3v) is 12.8. The number of ether oxygens (including phenoxy) is 3. The van der Waals surface area contributed by atoms with E-state index < -0.39 is 6.10 Å². The number of hydrogen-bond donors (Lipinski definition) is 0. The lowest BCUT2D eigenvalue weighted by Gasteiger charge is -2.18. The molecule has 6 nitrogen and oxygen atoms in total. The van der Waals surface area contributed by atoms with Gasteiger partial charge in [0.15, 0.2) is 6.10 Å². The standard InChI is InChI=1S/C66H112O6/c1-4-7-10-13-16-19-22-25-27-29-30-31-32-33-34-35-36-37-39-41-44-47-50-53-56-59-65(68)71-62-63(61-70-64(67)58-55-52-49-46-43-40-24-21-18-15-12-9-6-3)72-66(69)60-57-54-51-48-45-42-38-28-26-23-20-17-14-11-8-5-2/h7,9-10,12,16,18-19,21,25,27,30-31,33-34,40,43,63H,4-6,8,11,13-15,17,20,22-24,26,28-29,32,35-39,41-42,44-62H2,1-3H3/b10-7-,12-9-,19-16-,21-18-,27-25-,31-30-,34-33-,43-40-. The van der Waals surface area contributed by atoms with Crippen LogP contribution in [0.5, 0.6) is 0 Å². The monoisotopic (exact) mass is 1000 g/mol. The van der Waals surface area contributed by atoms with E-state index in [-0.39, 0.29) is 31.1 Å². The Morgan fingerprint density at radius 2 is 0.542 bits per heavy atom. The van der Waals surface area contributed by atoms with Crippen LogP contribution in [-0.4, -0.2) is 37.2 Å². The molecule has 0 bridgehead atoms. The second-order valence-electron chi connectivity index (χ2n) is 19.9. The van der Waals surface area contributed by atoms with E-state index in [9.17, 15) is 14.4 Å². The van der Waals surface area contributed by atoms with Crippen molar-refractivity contribution in [3.8, 4) is 0 Å². The van der Waals surface area contributed by atoms with Crippen LogP contribution >= 0.6 is 0 Å². The quantitative estimate of drug-likeness (QED) is 0.0261. The van der Waals surface area contributed by atoms with Crippen LogP contribution in [0.15, 0.2) is 97.2 Å². The van der Waals surface area contributed by atoms with Crippen LogP contribution in [-0.2, 0) is 28.6 Å². The molecule has 6 heteroatoms. The smallest absolute Gasteiger partial charge is 0.306 e. The topological polar surface area (TPSA) is 78.9 Å². The number of carbonyl (C=O) groups excluding carboxylic acids is 3. The van der Waals surface area contributed by atoms with Gasteiger partial charge in [0.05, 0.1) is 0 Å². The van der Waals surface area contributed by atoms with Gasteiger partial charge in [0.1, 0.15) is 13.2 Å². The molecule has 1 atom stereocenters. The minimum Gasteiger partial charge on any atom is -0.462 e. The Balaban J connectivity index is 4.34. The third kappa shape index (κ3) is 57.2. The molecule has 0 aliphatic heterocycles. The fourth-order valence-electron chi connectivity index (χ4n) is 8.37. The highest BCUT2D eigenvalue weighted by Gasteiger charge is 2.19. The van der Waals surface area contributed by atoms with Gasteiger partial charge in [-0.15, -0.1) is 0 Å². The van der Waals surface area contributed by atoms with E-state index in [4.69, 9.17) is 14.2 Å². The average Bonchev–Trinajstić information content (AvgIpc) is 3.38. The summed E-state index contributed by atoms with van der Waals surface area (Å²) < 4.78 is 16.9. The predicted octanol–water partition coefficient (Wildman–Crippen LogP) is 20.5. The molecule has 72 heavy (non-hydrogen) atoms. The van der Waals surface area contributed by atoms with E-state index >= 15 is 0 Å². The molecule has 0 saturated heterocycles. The van der Waals surface area contributed by atoms with E-state index in [1.54, 1.807) is 0 Å². The summed E-state index contributed by atoms with van der Waals surface area (Å²) in [4.78, 5) is 38.2. The van der Waals surface area contributed by atoms with Gasteiger partial charge in [-0.2, -0.15) is 0 Å². The molecule has 0 aromatic carbocycles. The van der Waals surface area contributed by atoms with E-state index in [2.05, 4.69) is 118 Å². The SMILES string of the molecule is CC/C=C\C/C=C\C/C=C\C/C=C\C/C=C\CCCCCCCCCCCC(=O)OCC(COC(=O)CCCCC/C=C\C/C=C\C/C=C\CC)OC(=O)CCCCCCCCCCCCCCCCCC. The molecule has 0 saturated carbocycles. The maximum atomic E-state index is 12.9. The molecule has 0 rings (SSSR count). The Bertz CT molecular complexity index is 1430. The lowest BCUT2D eigenvalue weighted by Crippen LogP contribution is -2.30. The summed E-state index contributed by atoms with van der Waals surface area (Å²) in [5.74, 6) is -0.916. The number of rotatable bonds is 54. The maximum absolute atomic E-state index is 12.9. The molecular weight excluding hydrogens is 889 g/mol. The molecule has 0 aromatic rings. The van der Waals surface area contributed by atoms with Gasteiger partial charge in [0, 0.05) is 19.3 Å². The van der Waals surface area contributed by atoms with Crippen LogP contribution in [0.25, 0.3) is 0 Å². The first-order valence-corrected chi connectivity index (χ1v) is 30.2. The molecule has 0 radical (unpaired) electrons. The predicted molar refractivity (Wildman–Crippen MR) is 311 cm³/mol. The van der Waals surface area contributed by atoms with Crippen molar-refractivity contribution in [1.82, 2.24) is 0 Å². The van der Waals surface area contributed by atoms with Gasteiger partial charge in [0.25, 0.3) is 0 Å². The fourth-order valence-corrected chi connectivity index (χ4v) is 8.37. The van der Waals surface area contributed by atoms with E-state index in [1.165, 1.54) is 122 Å². The van der Waals surface area contributed by atoms with Crippen LogP contribution in [0.2, 0.25) is 0 Å². The van der Waals surface area contributed by atoms with Crippen molar-refractivity contribution in [2.45, 2.75) is 290 Å². The fraction of sp³-hybridized carbons (Fsp3) is 0.712. The molecule has 0 spiro atoms. The third-order valence-electron chi connectivity index (χ3n) is 12.8. The first-order chi connectivity index (χ1) is 35.5. The molecule has 412 valence electrons. The average molecular weight is 1000 g/mol. The lowest BCUT2D eigenvalue weighted by molar-refractivity contribution is -0.167. The molecule has 0 amide bonds. The normalized spacial score (nSPS) is 12.8. The van der Waals surface area contributed by atoms with Gasteiger partial charge in [-0.25, -0.2) is 0 Å². The van der Waals surface area contributed by atoms with Crippen LogP contribution < -0.4 is 0 Å². The maximum Gasteiger partial charge on any atom is 0.306 e. The van der Waals surface area contributed by atoms with Crippen LogP contribution in [0.3, 0.4) is 0 Å². The van der Waals surface area contributed by atoms with Crippen molar-refractivity contribution < 1.29 is 28.6 Å². The first kappa shape index (κ1) is 68.3. The summed E-state index contributed by atoms with van der Waals surface area (Å²) in [6.45, 7) is 6.40. The van der Waals surface area contributed by atoms with E-state index in [0.29, 0.717) is 19.3 Å². The van der Waals surface area contributed by atoms with Crippen LogP contribution in [0, 0.1) is 0 Å². The molecule has 1 unspecified atom stereocenters. The summed E-state index contributed by atoms with van der Waals surface area (Å²) in [6.07, 6.45) is 79.8. The van der Waals surface area contributed by atoms with Gasteiger partial charge in [-0.05, 0) is 96.3 Å². The zero-order valence-corrected chi connectivity index (χ0v) is 47.2. The van der Waals surface area contributed by atoms with Crippen molar-refractivity contribution in [3.05, 3.63) is 97.2 Å². The zero-order valence-electron chi connectivity index (χ0n) is 47.2. The summed E-state index contributed by atoms with van der Waals surface area (Å²) >= 11 is 0. The minimum absolute atomic E-state index is 0.0884. The van der Waals surface area contributed by atoms with E-state index in [1.807, 2.05) is 0 Å². The largest absolute Gasteiger partial charge is 0.462 e. The summed E-state index contributed by atoms with van der Waals surface area (Å²) in [7, 11) is 0. The number of carbonyl (C=O) groups is 3. The zero-order chi connectivity index (χ0) is 52.2. The van der Waals surface area contributed by atoms with Gasteiger partial charge in [-0.3, -0.25) is 14.4 Å². The van der Waals surface area contributed by atoms with Gasteiger partial charge in [-0.1, -0.05) is 266 Å². The molecule has 0 heterocycles. The Hall–Kier alpha value is -3.67. The molecule has 0 aliphatic carbocycles. The second kappa shape index (κ2) is 59.9. The van der Waals surface area contributed by atoms with E-state index in [0.717, 1.165) is 122 Å². The number of unbranched alkanes of at least 4 members (excludes halogenated alkanes) is 27. The second-order valence-corrected chi connectivity index (χ2v) is 19.9. The Labute approximate surface area is 445 Å². The molecular formula is C66H112O6. The highest BCUT2D eigenvalue weighted by atomic mass is 16.6. The summed E-state index contributed by atoms with van der Waals surface area (Å²) in [6, 6.07) is 0. The molecule has 0 aliphatic rings. The van der Waals surface area contributed by atoms with Crippen molar-refractivity contribution >= 4 is 17.9 Å². The highest BCUT2D eigenvalue weighted by molar-refractivity contribution is 5.71. The Kier molecular flexibility index (Phi) is 56.8. The van der Waals surface area contributed by atoms with Crippen LogP contribution in [0.4, 0.5) is 0 Å². The molecule has 0 aromatic heterocycles. The minimum atomic E-state index is -0.791. The van der Waals surface area contributed by atoms with Crippen molar-refractivity contribution in [2.75, 3.05) is 13.2 Å². The number of allylic oxidation sites excluding steroid dienone is 16. The van der Waals surface area contributed by atoms with Crippen molar-refractivity contribution in [1.29, 1.82) is 0 Å². The highest BCUT2D eigenvalue weighted by Crippen LogP contribution is 2.16. The van der Waals surface area contributed by atoms with Gasteiger partial charge < -0.3 is 14.2 Å². The van der Waals surface area contributed by atoms with Gasteiger partial charge in [0.2, 0.25) is 0 Å². The van der Waals surface area contributed by atoms with Crippen molar-refractivity contribution in [3.63, 3.8) is 0 Å². The summed E-state index contributed by atoms with van der Waals surface area (Å²) in [5.41, 5.74) is 0. The van der Waals surface area contributed by atoms with Crippen LogP contribution in [0.1, 0.15) is 284 Å². The van der Waals surface area contributed by atoms with Crippen molar-refractivity contribution in [2.24, 2.45) is 0 Å². The first-order valence-electron chi connectivity index (χ1n) is 30.2. The Morgan fingerprint density at radius 1 is 0.292 bits per heavy atom. The molecule has 0 fully saturated rings. The molecule has 0 N–H and O–H groups in total. The number of esters is 3. The number of hydrogen-bond acceptors (Lipinski definition) is 6. The lowest BCUT2D eigenvalue weighted by atomic mass is 10.0.